The molecule has 1 heterocycles. The number of furan rings is 1. The van der Waals surface area contributed by atoms with Gasteiger partial charge in [-0.2, -0.15) is 0 Å². The summed E-state index contributed by atoms with van der Waals surface area (Å²) >= 11 is 0. The molecule has 1 aromatic rings. The van der Waals surface area contributed by atoms with Crippen LogP contribution in [0.15, 0.2) is 29.2 Å². The molecule has 0 bridgehead atoms. The van der Waals surface area contributed by atoms with Crippen LogP contribution in [0.3, 0.4) is 0 Å². The first-order chi connectivity index (χ1) is 6.77. The van der Waals surface area contributed by atoms with Crippen molar-refractivity contribution in [3.8, 4) is 0 Å². The average molecular weight is 195 g/mol. The van der Waals surface area contributed by atoms with Crippen LogP contribution >= 0.6 is 0 Å². The highest BCUT2D eigenvalue weighted by Crippen LogP contribution is 2.08. The quantitative estimate of drug-likeness (QED) is 0.437. The molecular formula is C10H13NO3. The first kappa shape index (κ1) is 10.5. The smallest absolute Gasteiger partial charge is 0.373 e. The second-order valence-corrected chi connectivity index (χ2v) is 2.68. The number of hydrogen-bond donors (Lipinski definition) is 1. The predicted molar refractivity (Wildman–Crippen MR) is 52.0 cm³/mol. The van der Waals surface area contributed by atoms with Gasteiger partial charge in [-0.05, 0) is 12.1 Å². The van der Waals surface area contributed by atoms with Gasteiger partial charge < -0.3 is 14.5 Å². The first-order valence-corrected chi connectivity index (χ1v) is 4.26. The Labute approximate surface area is 82.6 Å². The maximum atomic E-state index is 11.0. The molecule has 0 aliphatic rings. The summed E-state index contributed by atoms with van der Waals surface area (Å²) < 4.78 is 9.72. The molecule has 1 rings (SSSR count). The summed E-state index contributed by atoms with van der Waals surface area (Å²) in [6.07, 6.45) is 1.75. The minimum absolute atomic E-state index is 0.225. The molecule has 0 aliphatic carbocycles. The fraction of sp³-hybridized carbons (Fsp3) is 0.300. The molecule has 0 fully saturated rings. The molecule has 4 nitrogen and oxygen atoms in total. The number of nitrogens with one attached hydrogen (secondary N) is 1. The summed E-state index contributed by atoms with van der Waals surface area (Å²) in [5, 5.41) is 3.06. The molecule has 1 N–H and O–H groups in total. The summed E-state index contributed by atoms with van der Waals surface area (Å²) in [7, 11) is 1.32. The van der Waals surface area contributed by atoms with Gasteiger partial charge in [0.15, 0.2) is 0 Å². The lowest BCUT2D eigenvalue weighted by atomic mass is 10.4. The van der Waals surface area contributed by atoms with Gasteiger partial charge in [0.1, 0.15) is 5.76 Å². The Bertz CT molecular complexity index is 317. The number of carbonyl (C=O) groups is 1. The SMILES string of the molecule is C=CCNCc1ccc(C(=O)OC)o1. The molecule has 0 spiro atoms. The molecule has 1 aromatic heterocycles. The Kier molecular flexibility index (Phi) is 3.94. The number of rotatable bonds is 5. The third kappa shape index (κ3) is 2.74. The average Bonchev–Trinajstić information content (AvgIpc) is 2.66. The van der Waals surface area contributed by atoms with Crippen LogP contribution in [-0.2, 0) is 11.3 Å². The van der Waals surface area contributed by atoms with Crippen LogP contribution in [0.2, 0.25) is 0 Å². The van der Waals surface area contributed by atoms with Gasteiger partial charge in [0.25, 0.3) is 0 Å². The topological polar surface area (TPSA) is 51.5 Å². The fourth-order valence-corrected chi connectivity index (χ4v) is 0.981. The molecule has 0 aliphatic heterocycles. The van der Waals surface area contributed by atoms with Crippen LogP contribution in [0.25, 0.3) is 0 Å². The summed E-state index contributed by atoms with van der Waals surface area (Å²) in [6.45, 7) is 4.85. The Hall–Kier alpha value is -1.55. The highest BCUT2D eigenvalue weighted by Gasteiger charge is 2.10. The van der Waals surface area contributed by atoms with Crippen LogP contribution < -0.4 is 5.32 Å². The third-order valence-corrected chi connectivity index (χ3v) is 1.64. The number of ether oxygens (including phenoxy) is 1. The van der Waals surface area contributed by atoms with Crippen molar-refractivity contribution in [3.63, 3.8) is 0 Å². The van der Waals surface area contributed by atoms with Crippen molar-refractivity contribution in [2.45, 2.75) is 6.54 Å². The lowest BCUT2D eigenvalue weighted by Gasteiger charge is -1.97. The number of methoxy groups -OCH3 is 1. The molecule has 0 atom stereocenters. The number of esters is 1. The maximum Gasteiger partial charge on any atom is 0.373 e. The predicted octanol–water partition coefficient (Wildman–Crippen LogP) is 1.34. The van der Waals surface area contributed by atoms with E-state index in [9.17, 15) is 4.79 Å². The molecular weight excluding hydrogens is 182 g/mol. The van der Waals surface area contributed by atoms with E-state index in [2.05, 4.69) is 16.6 Å². The molecule has 0 radical (unpaired) electrons. The van der Waals surface area contributed by atoms with Gasteiger partial charge in [-0.3, -0.25) is 0 Å². The normalized spacial score (nSPS) is 9.79. The lowest BCUT2D eigenvalue weighted by molar-refractivity contribution is 0.0563. The Morgan fingerprint density at radius 3 is 3.14 bits per heavy atom. The van der Waals surface area contributed by atoms with Crippen molar-refractivity contribution in [1.82, 2.24) is 5.32 Å². The van der Waals surface area contributed by atoms with Gasteiger partial charge in [0.05, 0.1) is 13.7 Å². The van der Waals surface area contributed by atoms with E-state index < -0.39 is 5.97 Å². The molecule has 76 valence electrons. The fourth-order valence-electron chi connectivity index (χ4n) is 0.981. The zero-order valence-electron chi connectivity index (χ0n) is 8.08. The third-order valence-electron chi connectivity index (χ3n) is 1.64. The van der Waals surface area contributed by atoms with Gasteiger partial charge in [-0.15, -0.1) is 6.58 Å². The second-order valence-electron chi connectivity index (χ2n) is 2.68. The summed E-state index contributed by atoms with van der Waals surface area (Å²) in [4.78, 5) is 11.0. The van der Waals surface area contributed by atoms with Crippen molar-refractivity contribution >= 4 is 5.97 Å². The van der Waals surface area contributed by atoms with E-state index in [0.29, 0.717) is 18.8 Å². The van der Waals surface area contributed by atoms with Crippen molar-refractivity contribution in [2.24, 2.45) is 0 Å². The van der Waals surface area contributed by atoms with E-state index in [1.54, 1.807) is 18.2 Å². The van der Waals surface area contributed by atoms with E-state index >= 15 is 0 Å². The highest BCUT2D eigenvalue weighted by molar-refractivity contribution is 5.86. The molecule has 0 amide bonds. The Balaban J connectivity index is 2.50. The van der Waals surface area contributed by atoms with Crippen LogP contribution in [0.5, 0.6) is 0 Å². The van der Waals surface area contributed by atoms with Crippen LogP contribution in [0.4, 0.5) is 0 Å². The van der Waals surface area contributed by atoms with Crippen LogP contribution in [-0.4, -0.2) is 19.6 Å². The van der Waals surface area contributed by atoms with Crippen LogP contribution in [0, 0.1) is 0 Å². The monoisotopic (exact) mass is 195 g/mol. The molecule has 4 heteroatoms. The van der Waals surface area contributed by atoms with Crippen molar-refractivity contribution in [2.75, 3.05) is 13.7 Å². The van der Waals surface area contributed by atoms with Crippen molar-refractivity contribution in [3.05, 3.63) is 36.3 Å². The van der Waals surface area contributed by atoms with E-state index in [1.165, 1.54) is 7.11 Å². The lowest BCUT2D eigenvalue weighted by Crippen LogP contribution is -2.11. The summed E-state index contributed by atoms with van der Waals surface area (Å²) in [6, 6.07) is 3.33. The summed E-state index contributed by atoms with van der Waals surface area (Å²) in [5.41, 5.74) is 0. The first-order valence-electron chi connectivity index (χ1n) is 4.26. The van der Waals surface area contributed by atoms with E-state index in [4.69, 9.17) is 4.42 Å². The zero-order chi connectivity index (χ0) is 10.4. The Morgan fingerprint density at radius 2 is 2.50 bits per heavy atom. The molecule has 0 unspecified atom stereocenters. The van der Waals surface area contributed by atoms with E-state index in [1.807, 2.05) is 0 Å². The molecule has 0 aromatic carbocycles. The van der Waals surface area contributed by atoms with Gasteiger partial charge in [-0.25, -0.2) is 4.79 Å². The van der Waals surface area contributed by atoms with Crippen molar-refractivity contribution in [1.29, 1.82) is 0 Å². The van der Waals surface area contributed by atoms with Gasteiger partial charge in [-0.1, -0.05) is 6.08 Å². The van der Waals surface area contributed by atoms with E-state index in [0.717, 1.165) is 0 Å². The minimum Gasteiger partial charge on any atom is -0.463 e. The van der Waals surface area contributed by atoms with Gasteiger partial charge in [0.2, 0.25) is 5.76 Å². The molecule has 0 saturated heterocycles. The number of hydrogen-bond acceptors (Lipinski definition) is 4. The molecule has 0 saturated carbocycles. The van der Waals surface area contributed by atoms with Crippen molar-refractivity contribution < 1.29 is 13.9 Å². The van der Waals surface area contributed by atoms with Gasteiger partial charge >= 0.3 is 5.97 Å². The standard InChI is InChI=1S/C10H13NO3/c1-3-6-11-7-8-4-5-9(14-8)10(12)13-2/h3-5,11H,1,6-7H2,2H3. The largest absolute Gasteiger partial charge is 0.463 e. The van der Waals surface area contributed by atoms with E-state index in [-0.39, 0.29) is 5.76 Å². The van der Waals surface area contributed by atoms with Crippen LogP contribution in [0.1, 0.15) is 16.3 Å². The maximum absolute atomic E-state index is 11.0. The zero-order valence-corrected chi connectivity index (χ0v) is 8.08. The van der Waals surface area contributed by atoms with Gasteiger partial charge in [0, 0.05) is 6.54 Å². The minimum atomic E-state index is -0.458. The molecule has 14 heavy (non-hydrogen) atoms. The Morgan fingerprint density at radius 1 is 1.71 bits per heavy atom. The second kappa shape index (κ2) is 5.24. The number of carbonyl (C=O) groups excluding carboxylic acids is 1. The summed E-state index contributed by atoms with van der Waals surface area (Å²) in [5.74, 6) is 0.468. The highest BCUT2D eigenvalue weighted by atomic mass is 16.5.